The average molecular weight is 461 g/mol. The van der Waals surface area contributed by atoms with E-state index in [4.69, 9.17) is 14.6 Å². The molecule has 176 valence electrons. The van der Waals surface area contributed by atoms with Gasteiger partial charge in [-0.25, -0.2) is 0 Å². The van der Waals surface area contributed by atoms with E-state index in [1.165, 1.54) is 6.07 Å². The van der Waals surface area contributed by atoms with Crippen molar-refractivity contribution in [2.75, 3.05) is 6.54 Å². The minimum atomic E-state index is -4.53. The minimum Gasteiger partial charge on any atom is -0.489 e. The van der Waals surface area contributed by atoms with Crippen molar-refractivity contribution >= 4 is 12.2 Å². The lowest BCUT2D eigenvalue weighted by Crippen LogP contribution is -2.50. The van der Waals surface area contributed by atoms with Crippen molar-refractivity contribution in [2.24, 2.45) is 16.3 Å². The van der Waals surface area contributed by atoms with Gasteiger partial charge in [-0.3, -0.25) is 9.79 Å². The lowest BCUT2D eigenvalue weighted by Gasteiger charge is -2.41. The third-order valence-electron chi connectivity index (χ3n) is 6.48. The van der Waals surface area contributed by atoms with Crippen molar-refractivity contribution < 1.29 is 32.5 Å². The summed E-state index contributed by atoms with van der Waals surface area (Å²) in [6, 6.07) is 6.20. The van der Waals surface area contributed by atoms with Gasteiger partial charge in [-0.05, 0) is 55.5 Å². The molecule has 0 saturated carbocycles. The largest absolute Gasteiger partial charge is 0.489 e. The van der Waals surface area contributed by atoms with Gasteiger partial charge < -0.3 is 14.6 Å². The van der Waals surface area contributed by atoms with Gasteiger partial charge in [0.25, 0.3) is 0 Å². The Kier molecular flexibility index (Phi) is 6.36. The summed E-state index contributed by atoms with van der Waals surface area (Å²) < 4.78 is 54.6. The number of alkyl halides is 3. The summed E-state index contributed by atoms with van der Waals surface area (Å²) in [6.45, 7) is 1.89. The predicted octanol–water partition coefficient (Wildman–Crippen LogP) is 5.63. The molecule has 0 spiro atoms. The van der Waals surface area contributed by atoms with E-state index < -0.39 is 23.7 Å². The third kappa shape index (κ3) is 4.99. The molecule has 33 heavy (non-hydrogen) atoms. The molecule has 8 heteroatoms. The fraction of sp³-hybridized carbons (Fsp3) is 0.440. The summed E-state index contributed by atoms with van der Waals surface area (Å²) in [5.41, 5.74) is -0.777. The molecule has 0 saturated heterocycles. The van der Waals surface area contributed by atoms with Crippen LogP contribution >= 0.6 is 0 Å². The van der Waals surface area contributed by atoms with Crippen molar-refractivity contribution in [3.8, 4) is 5.75 Å². The predicted molar refractivity (Wildman–Crippen MR) is 117 cm³/mol. The molecule has 3 unspecified atom stereocenters. The molecule has 1 aromatic carbocycles. The smallest absolute Gasteiger partial charge is 0.398 e. The maximum atomic E-state index is 14.3. The van der Waals surface area contributed by atoms with Crippen molar-refractivity contribution in [3.05, 3.63) is 65.1 Å². The Bertz CT molecular complexity index is 1040. The molecule has 2 aliphatic carbocycles. The van der Waals surface area contributed by atoms with Crippen LogP contribution in [0.3, 0.4) is 0 Å². The SMILES string of the molecule is CC1(C(F)(F)F)CC(OC2=C3C=NCCC3CC=C2)=CCC1Oc1cccc(CC(=O)O)c1. The van der Waals surface area contributed by atoms with Gasteiger partial charge in [-0.1, -0.05) is 18.2 Å². The van der Waals surface area contributed by atoms with Gasteiger partial charge in [0.2, 0.25) is 0 Å². The van der Waals surface area contributed by atoms with Crippen LogP contribution in [-0.2, 0) is 16.0 Å². The van der Waals surface area contributed by atoms with Crippen LogP contribution in [-0.4, -0.2) is 36.1 Å². The molecule has 0 amide bonds. The van der Waals surface area contributed by atoms with Crippen LogP contribution in [0.1, 0.15) is 38.2 Å². The van der Waals surface area contributed by atoms with Crippen LogP contribution in [0.2, 0.25) is 0 Å². The molecule has 0 fully saturated rings. The molecule has 5 nitrogen and oxygen atoms in total. The number of rotatable bonds is 6. The molecule has 0 aromatic heterocycles. The molecule has 1 heterocycles. The number of carboxylic acids is 1. The number of nitrogens with zero attached hydrogens (tertiary/aromatic N) is 1. The van der Waals surface area contributed by atoms with E-state index in [1.807, 2.05) is 12.2 Å². The lowest BCUT2D eigenvalue weighted by molar-refractivity contribution is -0.247. The first-order valence-corrected chi connectivity index (χ1v) is 11.0. The minimum absolute atomic E-state index is 0.0122. The summed E-state index contributed by atoms with van der Waals surface area (Å²) in [4.78, 5) is 15.3. The van der Waals surface area contributed by atoms with Gasteiger partial charge in [0.05, 0.1) is 6.42 Å². The number of carboxylic acid groups (broad SMARTS) is 1. The van der Waals surface area contributed by atoms with Crippen LogP contribution in [0.5, 0.6) is 5.75 Å². The van der Waals surface area contributed by atoms with Crippen molar-refractivity contribution in [2.45, 2.75) is 51.3 Å². The van der Waals surface area contributed by atoms with E-state index in [0.717, 1.165) is 31.9 Å². The Hall–Kier alpha value is -3.03. The fourth-order valence-electron chi connectivity index (χ4n) is 4.49. The molecule has 1 aromatic rings. The van der Waals surface area contributed by atoms with E-state index >= 15 is 0 Å². The Labute approximate surface area is 190 Å². The van der Waals surface area contributed by atoms with Gasteiger partial charge in [-0.2, -0.15) is 13.2 Å². The first kappa shape index (κ1) is 23.1. The molecule has 3 atom stereocenters. The third-order valence-corrected chi connectivity index (χ3v) is 6.48. The number of hydrogen-bond donors (Lipinski definition) is 1. The van der Waals surface area contributed by atoms with Crippen LogP contribution < -0.4 is 4.74 Å². The van der Waals surface area contributed by atoms with Gasteiger partial charge in [0.15, 0.2) is 0 Å². The number of allylic oxidation sites excluding steroid dienone is 4. The van der Waals surface area contributed by atoms with Gasteiger partial charge in [0.1, 0.15) is 28.8 Å². The number of hydrogen-bond acceptors (Lipinski definition) is 4. The maximum Gasteiger partial charge on any atom is 0.398 e. The number of ether oxygens (including phenoxy) is 2. The highest BCUT2D eigenvalue weighted by Crippen LogP contribution is 2.50. The van der Waals surface area contributed by atoms with E-state index in [9.17, 15) is 18.0 Å². The van der Waals surface area contributed by atoms with Crippen LogP contribution in [0, 0.1) is 11.3 Å². The van der Waals surface area contributed by atoms with Crippen LogP contribution in [0.4, 0.5) is 13.2 Å². The second kappa shape index (κ2) is 9.08. The number of halogens is 3. The fourth-order valence-corrected chi connectivity index (χ4v) is 4.49. The molecule has 4 rings (SSSR count). The van der Waals surface area contributed by atoms with Crippen LogP contribution in [0.15, 0.2) is 64.6 Å². The number of benzene rings is 1. The summed E-state index contributed by atoms with van der Waals surface area (Å²) in [6.07, 6.45) is 2.73. The second-order valence-corrected chi connectivity index (χ2v) is 8.90. The molecule has 1 aliphatic heterocycles. The maximum absolute atomic E-state index is 14.3. The van der Waals surface area contributed by atoms with E-state index in [1.54, 1.807) is 30.5 Å². The highest BCUT2D eigenvalue weighted by atomic mass is 19.4. The van der Waals surface area contributed by atoms with Crippen LogP contribution in [0.25, 0.3) is 0 Å². The van der Waals surface area contributed by atoms with Crippen molar-refractivity contribution in [1.29, 1.82) is 0 Å². The van der Waals surface area contributed by atoms with Gasteiger partial charge in [-0.15, -0.1) is 0 Å². The Balaban J connectivity index is 1.57. The van der Waals surface area contributed by atoms with E-state index in [2.05, 4.69) is 4.99 Å². The quantitative estimate of drug-likeness (QED) is 0.596. The Morgan fingerprint density at radius 3 is 2.88 bits per heavy atom. The zero-order valence-electron chi connectivity index (χ0n) is 18.3. The summed E-state index contributed by atoms with van der Waals surface area (Å²) in [7, 11) is 0. The molecule has 0 radical (unpaired) electrons. The molecule has 3 aliphatic rings. The monoisotopic (exact) mass is 461 g/mol. The molecule has 0 bridgehead atoms. The van der Waals surface area contributed by atoms with E-state index in [-0.39, 0.29) is 36.7 Å². The first-order valence-electron chi connectivity index (χ1n) is 11.0. The highest BCUT2D eigenvalue weighted by molar-refractivity contribution is 5.82. The Morgan fingerprint density at radius 1 is 1.30 bits per heavy atom. The highest BCUT2D eigenvalue weighted by Gasteiger charge is 2.58. The molecule has 1 N–H and O–H groups in total. The number of carbonyl (C=O) groups is 1. The second-order valence-electron chi connectivity index (χ2n) is 8.90. The topological polar surface area (TPSA) is 68.1 Å². The number of fused-ring (bicyclic) bond motifs is 1. The number of aliphatic imine (C=N–C) groups is 1. The zero-order chi connectivity index (χ0) is 23.6. The molecular weight excluding hydrogens is 435 g/mol. The first-order chi connectivity index (χ1) is 15.7. The Morgan fingerprint density at radius 2 is 2.12 bits per heavy atom. The van der Waals surface area contributed by atoms with Crippen molar-refractivity contribution in [3.63, 3.8) is 0 Å². The lowest BCUT2D eigenvalue weighted by atomic mass is 9.74. The molecular formula is C25H26F3NO4. The summed E-state index contributed by atoms with van der Waals surface area (Å²) in [5, 5.41) is 8.98. The van der Waals surface area contributed by atoms with Gasteiger partial charge >= 0.3 is 12.1 Å². The van der Waals surface area contributed by atoms with E-state index in [0.29, 0.717) is 11.3 Å². The standard InChI is InChI=1S/C25H26F3NO4/c1-24(25(26,27)28)14-19(32-21-7-3-5-17-10-11-29-15-20(17)21)8-9-22(24)33-18-6-2-4-16(12-18)13-23(30)31/h2-4,6-8,12,15,17,22H,5,9-11,13-14H2,1H3,(H,30,31). The summed E-state index contributed by atoms with van der Waals surface area (Å²) >= 11 is 0. The zero-order valence-corrected chi connectivity index (χ0v) is 18.3. The normalized spacial score (nSPS) is 27.1. The summed E-state index contributed by atoms with van der Waals surface area (Å²) in [5.74, 6) is 0.308. The number of aliphatic carboxylic acids is 1. The average Bonchev–Trinajstić information content (AvgIpc) is 2.75. The van der Waals surface area contributed by atoms with Gasteiger partial charge in [0, 0.05) is 31.2 Å². The van der Waals surface area contributed by atoms with Crippen molar-refractivity contribution in [1.82, 2.24) is 0 Å².